The zero-order valence-corrected chi connectivity index (χ0v) is 21.2. The van der Waals surface area contributed by atoms with E-state index in [1.54, 1.807) is 24.1 Å². The largest absolute Gasteiger partial charge is 0.495 e. The zero-order chi connectivity index (χ0) is 25.8. The average Bonchev–Trinajstić information content (AvgIpc) is 3.58. The number of tetrazole rings is 1. The summed E-state index contributed by atoms with van der Waals surface area (Å²) >= 11 is 0. The number of nitrogens with one attached hydrogen (secondary N) is 1. The molecule has 0 aliphatic carbocycles. The third kappa shape index (κ3) is 4.67. The Morgan fingerprint density at radius 2 is 1.86 bits per heavy atom. The molecule has 188 valence electrons. The Hall–Kier alpha value is -4.53. The number of imidazole rings is 1. The first-order chi connectivity index (χ1) is 18.1. The van der Waals surface area contributed by atoms with Gasteiger partial charge in [-0.25, -0.2) is 4.79 Å². The van der Waals surface area contributed by atoms with Crippen LogP contribution in [-0.2, 0) is 19.4 Å². The monoisotopic (exact) mass is 495 g/mol. The van der Waals surface area contributed by atoms with Crippen molar-refractivity contribution in [3.8, 4) is 34.0 Å². The summed E-state index contributed by atoms with van der Waals surface area (Å²) in [5, 5.41) is 14.4. The van der Waals surface area contributed by atoms with Gasteiger partial charge in [0.2, 0.25) is 5.82 Å². The maximum absolute atomic E-state index is 13.7. The minimum atomic E-state index is -0.0709. The molecular weight excluding hydrogens is 466 g/mol. The van der Waals surface area contributed by atoms with E-state index < -0.39 is 0 Å². The van der Waals surface area contributed by atoms with Crippen molar-refractivity contribution in [2.75, 3.05) is 7.11 Å². The maximum atomic E-state index is 13.7. The molecule has 0 aliphatic heterocycles. The molecule has 0 atom stereocenters. The molecule has 0 fully saturated rings. The summed E-state index contributed by atoms with van der Waals surface area (Å²) in [6, 6.07) is 15.9. The van der Waals surface area contributed by atoms with Gasteiger partial charge in [-0.1, -0.05) is 56.7 Å². The van der Waals surface area contributed by atoms with Crippen LogP contribution in [0.3, 0.4) is 0 Å². The lowest BCUT2D eigenvalue weighted by molar-refractivity contribution is 0.412. The summed E-state index contributed by atoms with van der Waals surface area (Å²) in [6.45, 7) is 4.68. The SMILES string of the molecule is CCCc1cn(-c2c(CC)cccc2OC)c(=O)n1Cc1ccc(-c2cnccc2-c2nn[nH]n2)cc1. The lowest BCUT2D eigenvalue weighted by Gasteiger charge is -2.13. The smallest absolute Gasteiger partial charge is 0.333 e. The number of methoxy groups -OCH3 is 1. The molecule has 3 heterocycles. The molecule has 1 N–H and O–H groups in total. The molecule has 0 amide bonds. The summed E-state index contributed by atoms with van der Waals surface area (Å²) in [7, 11) is 1.64. The van der Waals surface area contributed by atoms with Crippen LogP contribution in [0.25, 0.3) is 28.2 Å². The summed E-state index contributed by atoms with van der Waals surface area (Å²) < 4.78 is 9.23. The molecule has 0 saturated carbocycles. The number of H-pyrrole nitrogens is 1. The van der Waals surface area contributed by atoms with Crippen molar-refractivity contribution in [2.24, 2.45) is 0 Å². The van der Waals surface area contributed by atoms with Crippen LogP contribution in [0, 0.1) is 0 Å². The number of aromatic amines is 1. The van der Waals surface area contributed by atoms with Gasteiger partial charge in [0.15, 0.2) is 0 Å². The highest BCUT2D eigenvalue weighted by Gasteiger charge is 2.18. The van der Waals surface area contributed by atoms with Crippen LogP contribution in [0.5, 0.6) is 5.75 Å². The number of nitrogens with zero attached hydrogens (tertiary/aromatic N) is 6. The molecule has 0 radical (unpaired) electrons. The van der Waals surface area contributed by atoms with Crippen molar-refractivity contribution in [3.05, 3.63) is 94.4 Å². The third-order valence-corrected chi connectivity index (χ3v) is 6.51. The molecule has 37 heavy (non-hydrogen) atoms. The Labute approximate surface area is 214 Å². The minimum Gasteiger partial charge on any atom is -0.495 e. The Morgan fingerprint density at radius 3 is 2.57 bits per heavy atom. The summed E-state index contributed by atoms with van der Waals surface area (Å²) in [5.41, 5.74) is 6.58. The number of ether oxygens (including phenoxy) is 1. The van der Waals surface area contributed by atoms with E-state index in [4.69, 9.17) is 4.74 Å². The van der Waals surface area contributed by atoms with Crippen LogP contribution in [0.2, 0.25) is 0 Å². The molecule has 0 aliphatic rings. The fraction of sp³-hybridized carbons (Fsp3) is 0.250. The second-order valence-electron chi connectivity index (χ2n) is 8.78. The quantitative estimate of drug-likeness (QED) is 0.324. The van der Waals surface area contributed by atoms with Crippen LogP contribution in [-0.4, -0.2) is 41.9 Å². The number of rotatable bonds is 9. The molecular formula is C28H29N7O2. The molecule has 0 saturated heterocycles. The van der Waals surface area contributed by atoms with Crippen molar-refractivity contribution in [2.45, 2.75) is 39.7 Å². The molecule has 2 aromatic carbocycles. The van der Waals surface area contributed by atoms with E-state index in [0.717, 1.165) is 58.5 Å². The Kier molecular flexibility index (Phi) is 6.93. The van der Waals surface area contributed by atoms with Crippen molar-refractivity contribution in [1.82, 2.24) is 34.7 Å². The first-order valence-electron chi connectivity index (χ1n) is 12.4. The van der Waals surface area contributed by atoms with Gasteiger partial charge in [0.05, 0.1) is 19.3 Å². The molecule has 5 rings (SSSR count). The van der Waals surface area contributed by atoms with E-state index in [0.29, 0.717) is 18.1 Å². The van der Waals surface area contributed by atoms with E-state index in [9.17, 15) is 4.79 Å². The second-order valence-corrected chi connectivity index (χ2v) is 8.78. The van der Waals surface area contributed by atoms with E-state index >= 15 is 0 Å². The lowest BCUT2D eigenvalue weighted by atomic mass is 10.0. The van der Waals surface area contributed by atoms with Crippen molar-refractivity contribution in [3.63, 3.8) is 0 Å². The van der Waals surface area contributed by atoms with Gasteiger partial charge in [-0.05, 0) is 46.9 Å². The molecule has 0 bridgehead atoms. The first-order valence-corrected chi connectivity index (χ1v) is 12.4. The van der Waals surface area contributed by atoms with Gasteiger partial charge in [0.25, 0.3) is 0 Å². The molecule has 9 heteroatoms. The summed E-state index contributed by atoms with van der Waals surface area (Å²) in [5.74, 6) is 1.21. The van der Waals surface area contributed by atoms with Gasteiger partial charge < -0.3 is 4.74 Å². The third-order valence-electron chi connectivity index (χ3n) is 6.51. The molecule has 0 unspecified atom stereocenters. The van der Waals surface area contributed by atoms with Gasteiger partial charge in [-0.15, -0.1) is 10.2 Å². The Balaban J connectivity index is 1.51. The maximum Gasteiger partial charge on any atom is 0.333 e. The van der Waals surface area contributed by atoms with Crippen molar-refractivity contribution in [1.29, 1.82) is 0 Å². The van der Waals surface area contributed by atoms with Gasteiger partial charge in [-0.3, -0.25) is 14.1 Å². The van der Waals surface area contributed by atoms with Crippen LogP contribution in [0.15, 0.2) is 71.9 Å². The van der Waals surface area contributed by atoms with Crippen molar-refractivity contribution >= 4 is 0 Å². The summed E-state index contributed by atoms with van der Waals surface area (Å²) in [4.78, 5) is 18.0. The number of hydrogen-bond acceptors (Lipinski definition) is 6. The van der Waals surface area contributed by atoms with Gasteiger partial charge in [-0.2, -0.15) is 5.21 Å². The molecule has 5 aromatic rings. The summed E-state index contributed by atoms with van der Waals surface area (Å²) in [6.07, 6.45) is 8.01. The van der Waals surface area contributed by atoms with E-state index in [2.05, 4.69) is 39.5 Å². The highest BCUT2D eigenvalue weighted by molar-refractivity contribution is 5.79. The second kappa shape index (κ2) is 10.6. The minimum absolute atomic E-state index is 0.0709. The topological polar surface area (TPSA) is 104 Å². The van der Waals surface area contributed by atoms with Gasteiger partial charge >= 0.3 is 5.69 Å². The lowest BCUT2D eigenvalue weighted by Crippen LogP contribution is -2.25. The highest BCUT2D eigenvalue weighted by Crippen LogP contribution is 2.30. The fourth-order valence-corrected chi connectivity index (χ4v) is 4.67. The molecule has 9 nitrogen and oxygen atoms in total. The van der Waals surface area contributed by atoms with E-state index in [-0.39, 0.29) is 5.69 Å². The highest BCUT2D eigenvalue weighted by atomic mass is 16.5. The number of hydrogen-bond donors (Lipinski definition) is 1. The van der Waals surface area contributed by atoms with Crippen LogP contribution in [0.1, 0.15) is 37.1 Å². The van der Waals surface area contributed by atoms with Crippen LogP contribution >= 0.6 is 0 Å². The Bertz CT molecular complexity index is 1530. The van der Waals surface area contributed by atoms with Gasteiger partial charge in [0.1, 0.15) is 5.75 Å². The normalized spacial score (nSPS) is 11.1. The molecule has 3 aromatic heterocycles. The van der Waals surface area contributed by atoms with Crippen LogP contribution < -0.4 is 10.4 Å². The number of aryl methyl sites for hydroxylation is 2. The predicted octanol–water partition coefficient (Wildman–Crippen LogP) is 4.45. The standard InChI is InChI=1S/C28H29N7O2/c1-4-7-22-18-35(26-20(5-2)8-6-9-25(26)37-3)28(36)34(22)17-19-10-12-21(13-11-19)24-16-29-15-14-23(24)27-30-32-33-31-27/h6,8-16,18H,4-5,7,17H2,1-3H3,(H,30,31,32,33). The molecule has 0 spiro atoms. The van der Waals surface area contributed by atoms with E-state index in [1.807, 2.05) is 59.3 Å². The van der Waals surface area contributed by atoms with Crippen molar-refractivity contribution < 1.29 is 4.74 Å². The zero-order valence-electron chi connectivity index (χ0n) is 21.2. The predicted molar refractivity (Wildman–Crippen MR) is 142 cm³/mol. The van der Waals surface area contributed by atoms with Crippen LogP contribution in [0.4, 0.5) is 0 Å². The number of aromatic nitrogens is 7. The fourth-order valence-electron chi connectivity index (χ4n) is 4.67. The van der Waals surface area contributed by atoms with Gasteiger partial charge in [0, 0.05) is 35.4 Å². The first kappa shape index (κ1) is 24.2. The Morgan fingerprint density at radius 1 is 1.03 bits per heavy atom. The average molecular weight is 496 g/mol. The number of pyridine rings is 1. The number of benzene rings is 2. The van der Waals surface area contributed by atoms with E-state index in [1.165, 1.54) is 0 Å². The number of para-hydroxylation sites is 1.